The Morgan fingerprint density at radius 3 is 1.95 bits per heavy atom. The van der Waals surface area contributed by atoms with Crippen LogP contribution in [0.3, 0.4) is 0 Å². The lowest BCUT2D eigenvalue weighted by Crippen LogP contribution is -2.13. The SMILES string of the molecule is CCCCc1c2cccc1C(=O)OOOOOOC2=O. The number of fused-ring (bicyclic) bond motifs is 2. The predicted octanol–water partition coefficient (Wildman–Crippen LogP) is 2.00. The van der Waals surface area contributed by atoms with E-state index in [-0.39, 0.29) is 11.1 Å². The minimum Gasteiger partial charge on any atom is -0.261 e. The number of hydrogen-bond acceptors (Lipinski definition) is 8. The molecule has 0 aliphatic carbocycles. The minimum atomic E-state index is -0.823. The van der Waals surface area contributed by atoms with Crippen LogP contribution in [-0.4, -0.2) is 11.9 Å². The molecule has 0 N–H and O–H groups in total. The largest absolute Gasteiger partial charge is 0.376 e. The predicted molar refractivity (Wildman–Crippen MR) is 60.2 cm³/mol. The standard InChI is InChI=1S/C12H12O8/c1-2-3-5-8-9-6-4-7-10(8)12(14)16-18-20-19-17-15-11(9)13/h4,6-7H,2-3,5H2,1H3. The molecule has 0 spiro atoms. The average molecular weight is 284 g/mol. The summed E-state index contributed by atoms with van der Waals surface area (Å²) < 4.78 is 0. The lowest BCUT2D eigenvalue weighted by molar-refractivity contribution is -0.740. The summed E-state index contributed by atoms with van der Waals surface area (Å²) in [6.07, 6.45) is 2.16. The summed E-state index contributed by atoms with van der Waals surface area (Å²) in [6, 6.07) is 4.53. The number of hydrogen-bond donors (Lipinski definition) is 0. The molecule has 1 aliphatic heterocycles. The van der Waals surface area contributed by atoms with E-state index in [1.54, 1.807) is 0 Å². The van der Waals surface area contributed by atoms with Crippen LogP contribution in [0.1, 0.15) is 46.0 Å². The molecule has 0 fully saturated rings. The molecule has 0 saturated heterocycles. The molecule has 1 aromatic carbocycles. The first-order valence-corrected chi connectivity index (χ1v) is 5.95. The van der Waals surface area contributed by atoms with E-state index in [0.717, 1.165) is 12.8 Å². The molecule has 0 unspecified atom stereocenters. The maximum Gasteiger partial charge on any atom is 0.376 e. The topological polar surface area (TPSA) is 89.5 Å². The summed E-state index contributed by atoms with van der Waals surface area (Å²) in [7, 11) is 0. The fourth-order valence-electron chi connectivity index (χ4n) is 1.79. The van der Waals surface area contributed by atoms with Crippen LogP contribution in [0.15, 0.2) is 18.2 Å². The lowest BCUT2D eigenvalue weighted by atomic mass is 9.96. The zero-order valence-electron chi connectivity index (χ0n) is 10.6. The zero-order chi connectivity index (χ0) is 14.4. The van der Waals surface area contributed by atoms with Crippen molar-refractivity contribution in [3.05, 3.63) is 34.9 Å². The Hall–Kier alpha value is -2.00. The molecule has 0 amide bonds. The van der Waals surface area contributed by atoms with Crippen LogP contribution in [0.4, 0.5) is 0 Å². The molecule has 1 heterocycles. The Labute approximate surface area is 113 Å². The molecule has 2 rings (SSSR count). The maximum absolute atomic E-state index is 11.8. The Balaban J connectivity index is 2.41. The van der Waals surface area contributed by atoms with Gasteiger partial charge in [-0.05, 0) is 30.5 Å². The van der Waals surface area contributed by atoms with E-state index in [1.165, 1.54) is 18.2 Å². The molecule has 1 aromatic rings. The number of unbranched alkanes of at least 4 members (excludes halogenated alkanes) is 1. The van der Waals surface area contributed by atoms with Crippen molar-refractivity contribution in [2.75, 3.05) is 0 Å². The Kier molecular flexibility index (Phi) is 5.02. The number of benzene rings is 1. The summed E-state index contributed by atoms with van der Waals surface area (Å²) >= 11 is 0. The molecule has 1 aliphatic rings. The van der Waals surface area contributed by atoms with E-state index in [1.807, 2.05) is 6.92 Å². The van der Waals surface area contributed by atoms with Crippen LogP contribution in [-0.2, 0) is 36.3 Å². The highest BCUT2D eigenvalue weighted by molar-refractivity contribution is 5.97. The first kappa shape index (κ1) is 14.4. The van der Waals surface area contributed by atoms with Crippen LogP contribution >= 0.6 is 0 Å². The fraction of sp³-hybridized carbons (Fsp3) is 0.333. The maximum atomic E-state index is 11.8. The van der Waals surface area contributed by atoms with Crippen molar-refractivity contribution >= 4 is 11.9 Å². The highest BCUT2D eigenvalue weighted by Crippen LogP contribution is 2.21. The Morgan fingerprint density at radius 2 is 1.45 bits per heavy atom. The van der Waals surface area contributed by atoms with Gasteiger partial charge >= 0.3 is 11.9 Å². The molecule has 108 valence electrons. The first-order chi connectivity index (χ1) is 9.74. The highest BCUT2D eigenvalue weighted by atomic mass is 17.8. The van der Waals surface area contributed by atoms with Crippen molar-refractivity contribution < 1.29 is 39.5 Å². The van der Waals surface area contributed by atoms with Crippen molar-refractivity contribution in [3.8, 4) is 0 Å². The van der Waals surface area contributed by atoms with E-state index < -0.39 is 11.9 Å². The van der Waals surface area contributed by atoms with Gasteiger partial charge < -0.3 is 0 Å². The summed E-state index contributed by atoms with van der Waals surface area (Å²) in [5.41, 5.74) is 0.843. The van der Waals surface area contributed by atoms with Crippen LogP contribution in [0.25, 0.3) is 0 Å². The van der Waals surface area contributed by atoms with Crippen LogP contribution in [0.5, 0.6) is 0 Å². The van der Waals surface area contributed by atoms with E-state index in [9.17, 15) is 9.59 Å². The molecule has 20 heavy (non-hydrogen) atoms. The average Bonchev–Trinajstić information content (AvgIpc) is 2.48. The second kappa shape index (κ2) is 6.96. The summed E-state index contributed by atoms with van der Waals surface area (Å²) in [6.45, 7) is 1.99. The van der Waals surface area contributed by atoms with Gasteiger partial charge in [0.25, 0.3) is 0 Å². The minimum absolute atomic E-state index is 0.179. The van der Waals surface area contributed by atoms with Gasteiger partial charge in [0.1, 0.15) is 0 Å². The van der Waals surface area contributed by atoms with Gasteiger partial charge in [-0.2, -0.15) is 0 Å². The number of carbonyl (C=O) groups is 2. The Bertz CT molecular complexity index is 460. The van der Waals surface area contributed by atoms with Gasteiger partial charge in [0, 0.05) is 20.2 Å². The van der Waals surface area contributed by atoms with Gasteiger partial charge in [-0.3, -0.25) is 9.78 Å². The second-order valence-corrected chi connectivity index (χ2v) is 3.95. The number of rotatable bonds is 3. The van der Waals surface area contributed by atoms with Gasteiger partial charge in [0.2, 0.25) is 0 Å². The van der Waals surface area contributed by atoms with Gasteiger partial charge in [-0.1, -0.05) is 19.4 Å². The molecule has 0 aromatic heterocycles. The summed E-state index contributed by atoms with van der Waals surface area (Å²) in [4.78, 5) is 32.3. The third-order valence-electron chi connectivity index (χ3n) is 2.70. The third-order valence-corrected chi connectivity index (χ3v) is 2.70. The zero-order valence-corrected chi connectivity index (χ0v) is 10.6. The molecule has 2 bridgehead atoms. The quantitative estimate of drug-likeness (QED) is 0.778. The third kappa shape index (κ3) is 3.31. The van der Waals surface area contributed by atoms with Crippen molar-refractivity contribution in [1.29, 1.82) is 0 Å². The second-order valence-electron chi connectivity index (χ2n) is 3.95. The van der Waals surface area contributed by atoms with Crippen LogP contribution < -0.4 is 0 Å². The van der Waals surface area contributed by atoms with E-state index in [0.29, 0.717) is 12.0 Å². The fourth-order valence-corrected chi connectivity index (χ4v) is 1.79. The van der Waals surface area contributed by atoms with Gasteiger partial charge in [0.05, 0.1) is 11.1 Å². The monoisotopic (exact) mass is 284 g/mol. The molecular weight excluding hydrogens is 272 g/mol. The molecular formula is C12H12O8. The normalized spacial score (nSPS) is 16.1. The van der Waals surface area contributed by atoms with Crippen molar-refractivity contribution in [1.82, 2.24) is 0 Å². The molecule has 0 atom stereocenters. The van der Waals surface area contributed by atoms with Crippen molar-refractivity contribution in [2.45, 2.75) is 26.2 Å². The first-order valence-electron chi connectivity index (χ1n) is 5.95. The summed E-state index contributed by atoms with van der Waals surface area (Å²) in [5.74, 6) is -1.65. The van der Waals surface area contributed by atoms with E-state index >= 15 is 0 Å². The van der Waals surface area contributed by atoms with Crippen molar-refractivity contribution in [3.63, 3.8) is 0 Å². The number of carbonyl (C=O) groups excluding carboxylic acids is 2. The van der Waals surface area contributed by atoms with Gasteiger partial charge in [0.15, 0.2) is 0 Å². The lowest BCUT2D eigenvalue weighted by Gasteiger charge is -2.10. The van der Waals surface area contributed by atoms with Crippen LogP contribution in [0.2, 0.25) is 0 Å². The smallest absolute Gasteiger partial charge is 0.261 e. The molecule has 0 radical (unpaired) electrons. The van der Waals surface area contributed by atoms with E-state index in [4.69, 9.17) is 0 Å². The molecule has 8 nitrogen and oxygen atoms in total. The molecule has 0 saturated carbocycles. The summed E-state index contributed by atoms with van der Waals surface area (Å²) in [5, 5.41) is 15.6. The van der Waals surface area contributed by atoms with Crippen molar-refractivity contribution in [2.24, 2.45) is 0 Å². The molecule has 8 heteroatoms. The van der Waals surface area contributed by atoms with E-state index in [2.05, 4.69) is 29.9 Å². The van der Waals surface area contributed by atoms with Crippen LogP contribution in [0, 0.1) is 0 Å². The van der Waals surface area contributed by atoms with Gasteiger partial charge in [-0.15, -0.1) is 0 Å². The highest BCUT2D eigenvalue weighted by Gasteiger charge is 2.23. The Morgan fingerprint density at radius 1 is 0.900 bits per heavy atom. The van der Waals surface area contributed by atoms with Gasteiger partial charge in [-0.25, -0.2) is 9.59 Å².